The van der Waals surface area contributed by atoms with Crippen molar-refractivity contribution < 1.29 is 9.18 Å². The molecule has 0 heterocycles. The lowest BCUT2D eigenvalue weighted by Crippen LogP contribution is -2.27. The Bertz CT molecular complexity index is 423. The van der Waals surface area contributed by atoms with Crippen LogP contribution in [-0.4, -0.2) is 12.5 Å². The molecular formula is C16H25FN2O. The summed E-state index contributed by atoms with van der Waals surface area (Å²) in [5, 5.41) is 2.91. The van der Waals surface area contributed by atoms with Crippen molar-refractivity contribution in [2.24, 2.45) is 11.7 Å². The molecule has 0 radical (unpaired) electrons. The number of hydrogen-bond acceptors (Lipinski definition) is 2. The Morgan fingerprint density at radius 2 is 2.15 bits per heavy atom. The second-order valence-electron chi connectivity index (χ2n) is 5.23. The fraction of sp³-hybridized carbons (Fsp3) is 0.562. The van der Waals surface area contributed by atoms with Crippen molar-refractivity contribution in [2.45, 2.75) is 45.6 Å². The number of nitrogens with two attached hydrogens (primary N) is 1. The second kappa shape index (κ2) is 8.69. The number of carbonyl (C=O) groups is 1. The first-order chi connectivity index (χ1) is 9.56. The molecule has 0 saturated heterocycles. The predicted molar refractivity (Wildman–Crippen MR) is 79.6 cm³/mol. The van der Waals surface area contributed by atoms with Gasteiger partial charge in [0, 0.05) is 6.42 Å². The van der Waals surface area contributed by atoms with Crippen LogP contribution in [0.25, 0.3) is 0 Å². The first-order valence-corrected chi connectivity index (χ1v) is 7.31. The number of benzene rings is 1. The summed E-state index contributed by atoms with van der Waals surface area (Å²) in [7, 11) is 0. The smallest absolute Gasteiger partial charge is 0.220 e. The van der Waals surface area contributed by atoms with E-state index in [0.717, 1.165) is 24.8 Å². The molecule has 0 aliphatic carbocycles. The quantitative estimate of drug-likeness (QED) is 0.768. The Morgan fingerprint density at radius 3 is 2.75 bits per heavy atom. The minimum atomic E-state index is -0.280. The number of hydrogen-bond donors (Lipinski definition) is 2. The van der Waals surface area contributed by atoms with Gasteiger partial charge in [-0.05, 0) is 49.9 Å². The molecular weight excluding hydrogens is 255 g/mol. The van der Waals surface area contributed by atoms with Gasteiger partial charge in [0.2, 0.25) is 5.91 Å². The normalized spacial score (nSPS) is 13.8. The van der Waals surface area contributed by atoms with Crippen LogP contribution in [0.1, 0.15) is 51.1 Å². The lowest BCUT2D eigenvalue weighted by atomic mass is 9.96. The summed E-state index contributed by atoms with van der Waals surface area (Å²) in [6.45, 7) is 4.65. The lowest BCUT2D eigenvalue weighted by Gasteiger charge is -2.16. The van der Waals surface area contributed by atoms with E-state index in [1.807, 2.05) is 13.0 Å². The molecule has 1 rings (SSSR count). The van der Waals surface area contributed by atoms with Crippen molar-refractivity contribution in [1.82, 2.24) is 5.32 Å². The van der Waals surface area contributed by atoms with Crippen molar-refractivity contribution in [3.8, 4) is 0 Å². The van der Waals surface area contributed by atoms with Gasteiger partial charge in [-0.25, -0.2) is 4.39 Å². The Kier molecular flexibility index (Phi) is 7.23. The Balaban J connectivity index is 2.42. The van der Waals surface area contributed by atoms with Gasteiger partial charge in [0.15, 0.2) is 0 Å². The average Bonchev–Trinajstić information content (AvgIpc) is 2.43. The molecule has 112 valence electrons. The number of nitrogens with one attached hydrogen (secondary N) is 1. The van der Waals surface area contributed by atoms with Crippen molar-refractivity contribution >= 4 is 5.91 Å². The van der Waals surface area contributed by atoms with Gasteiger partial charge in [-0.2, -0.15) is 0 Å². The zero-order valence-electron chi connectivity index (χ0n) is 12.4. The van der Waals surface area contributed by atoms with E-state index in [2.05, 4.69) is 12.2 Å². The number of carbonyl (C=O) groups excluding carboxylic acids is 1. The monoisotopic (exact) mass is 280 g/mol. The van der Waals surface area contributed by atoms with Gasteiger partial charge in [0.25, 0.3) is 0 Å². The molecule has 1 unspecified atom stereocenters. The van der Waals surface area contributed by atoms with Gasteiger partial charge in [0.05, 0.1) is 6.04 Å². The summed E-state index contributed by atoms with van der Waals surface area (Å²) >= 11 is 0. The van der Waals surface area contributed by atoms with Crippen molar-refractivity contribution in [2.75, 3.05) is 6.54 Å². The molecule has 4 heteroatoms. The van der Waals surface area contributed by atoms with Crippen LogP contribution in [0.2, 0.25) is 0 Å². The number of rotatable bonds is 8. The third kappa shape index (κ3) is 5.70. The van der Waals surface area contributed by atoms with Gasteiger partial charge in [-0.15, -0.1) is 0 Å². The van der Waals surface area contributed by atoms with Crippen molar-refractivity contribution in [3.05, 3.63) is 35.6 Å². The average molecular weight is 280 g/mol. The van der Waals surface area contributed by atoms with Gasteiger partial charge < -0.3 is 11.1 Å². The maximum Gasteiger partial charge on any atom is 0.220 e. The molecule has 0 fully saturated rings. The fourth-order valence-corrected chi connectivity index (χ4v) is 2.30. The van der Waals surface area contributed by atoms with Crippen molar-refractivity contribution in [3.63, 3.8) is 0 Å². The molecule has 0 spiro atoms. The van der Waals surface area contributed by atoms with Crippen LogP contribution in [0.15, 0.2) is 24.3 Å². The van der Waals surface area contributed by atoms with E-state index in [1.54, 1.807) is 6.07 Å². The van der Waals surface area contributed by atoms with Crippen molar-refractivity contribution in [1.29, 1.82) is 0 Å². The van der Waals surface area contributed by atoms with Crippen LogP contribution < -0.4 is 11.1 Å². The van der Waals surface area contributed by atoms with E-state index < -0.39 is 0 Å². The minimum Gasteiger partial charge on any atom is -0.350 e. The fourth-order valence-electron chi connectivity index (χ4n) is 2.30. The third-order valence-corrected chi connectivity index (χ3v) is 3.66. The molecule has 0 saturated carbocycles. The van der Waals surface area contributed by atoms with Crippen LogP contribution >= 0.6 is 0 Å². The van der Waals surface area contributed by atoms with E-state index >= 15 is 0 Å². The Morgan fingerprint density at radius 1 is 1.40 bits per heavy atom. The van der Waals surface area contributed by atoms with E-state index in [-0.39, 0.29) is 17.8 Å². The van der Waals surface area contributed by atoms with Gasteiger partial charge in [0.1, 0.15) is 5.82 Å². The summed E-state index contributed by atoms with van der Waals surface area (Å²) in [4.78, 5) is 11.9. The molecule has 3 N–H and O–H groups in total. The minimum absolute atomic E-state index is 0.0113. The lowest BCUT2D eigenvalue weighted by molar-refractivity contribution is -0.122. The Hall–Kier alpha value is -1.42. The highest BCUT2D eigenvalue weighted by atomic mass is 19.1. The summed E-state index contributed by atoms with van der Waals surface area (Å²) in [5.41, 5.74) is 6.33. The molecule has 0 aliphatic heterocycles. The maximum atomic E-state index is 13.1. The summed E-state index contributed by atoms with van der Waals surface area (Å²) in [5.74, 6) is 0.241. The topological polar surface area (TPSA) is 55.1 Å². The molecule has 20 heavy (non-hydrogen) atoms. The maximum absolute atomic E-state index is 13.1. The molecule has 0 bridgehead atoms. The molecule has 0 aromatic heterocycles. The first kappa shape index (κ1) is 16.6. The van der Waals surface area contributed by atoms with Gasteiger partial charge in [-0.3, -0.25) is 4.79 Å². The standard InChI is InChI=1S/C16H25FN2O/c1-3-13(9-10-18)7-8-16(20)19-12(2)14-5-4-6-15(17)11-14/h4-6,11-13H,3,7-10,18H2,1-2H3,(H,19,20)/t12-,13?/m1/s1. The number of halogens is 1. The zero-order valence-corrected chi connectivity index (χ0v) is 12.4. The SMILES string of the molecule is CCC(CCN)CCC(=O)N[C@H](C)c1cccc(F)c1. The van der Waals surface area contributed by atoms with Crippen LogP contribution in [0.5, 0.6) is 0 Å². The second-order valence-corrected chi connectivity index (χ2v) is 5.23. The van der Waals surface area contributed by atoms with E-state index in [9.17, 15) is 9.18 Å². The highest BCUT2D eigenvalue weighted by molar-refractivity contribution is 5.76. The summed E-state index contributed by atoms with van der Waals surface area (Å²) < 4.78 is 13.1. The van der Waals surface area contributed by atoms with E-state index in [4.69, 9.17) is 5.73 Å². The largest absolute Gasteiger partial charge is 0.350 e. The zero-order chi connectivity index (χ0) is 15.0. The third-order valence-electron chi connectivity index (χ3n) is 3.66. The molecule has 0 aliphatic rings. The van der Waals surface area contributed by atoms with Crippen LogP contribution in [0, 0.1) is 11.7 Å². The molecule has 1 aromatic rings. The Labute approximate surface area is 120 Å². The van der Waals surface area contributed by atoms with Crippen LogP contribution in [-0.2, 0) is 4.79 Å². The molecule has 1 amide bonds. The van der Waals surface area contributed by atoms with E-state index in [1.165, 1.54) is 12.1 Å². The van der Waals surface area contributed by atoms with Gasteiger partial charge >= 0.3 is 0 Å². The van der Waals surface area contributed by atoms with Crippen LogP contribution in [0.4, 0.5) is 4.39 Å². The molecule has 1 aromatic carbocycles. The highest BCUT2D eigenvalue weighted by Gasteiger charge is 2.12. The summed E-state index contributed by atoms with van der Waals surface area (Å²) in [6, 6.07) is 6.15. The molecule has 2 atom stereocenters. The summed E-state index contributed by atoms with van der Waals surface area (Å²) in [6.07, 6.45) is 3.36. The highest BCUT2D eigenvalue weighted by Crippen LogP contribution is 2.16. The number of amides is 1. The molecule has 3 nitrogen and oxygen atoms in total. The predicted octanol–water partition coefficient (Wildman–Crippen LogP) is 3.16. The van der Waals surface area contributed by atoms with Gasteiger partial charge in [-0.1, -0.05) is 25.5 Å². The van der Waals surface area contributed by atoms with Crippen LogP contribution in [0.3, 0.4) is 0 Å². The first-order valence-electron chi connectivity index (χ1n) is 7.31. The van der Waals surface area contributed by atoms with E-state index in [0.29, 0.717) is 18.9 Å².